The number of ketones is 1. The van der Waals surface area contributed by atoms with E-state index in [1.165, 1.54) is 76.1 Å². The molecule has 0 saturated carbocycles. The van der Waals surface area contributed by atoms with Crippen molar-refractivity contribution >= 4 is 48.8 Å². The summed E-state index contributed by atoms with van der Waals surface area (Å²) in [6.07, 6.45) is 5.45. The molecule has 65 heavy (non-hydrogen) atoms. The number of benzene rings is 2. The molecule has 4 atom stereocenters. The second-order valence-corrected chi connectivity index (χ2v) is 20.6. The molecule has 6 heterocycles. The number of aliphatic imine (C=N–C) groups is 2. The highest BCUT2D eigenvalue weighted by atomic mass is 32.2. The van der Waals surface area contributed by atoms with Gasteiger partial charge in [0, 0.05) is 36.4 Å². The summed E-state index contributed by atoms with van der Waals surface area (Å²) < 4.78 is 98.5. The van der Waals surface area contributed by atoms with Crippen molar-refractivity contribution < 1.29 is 59.3 Å². The van der Waals surface area contributed by atoms with Crippen molar-refractivity contribution in [2.45, 2.75) is 53.7 Å². The lowest BCUT2D eigenvalue weighted by Crippen LogP contribution is -2.58. The van der Waals surface area contributed by atoms with Gasteiger partial charge in [0.25, 0.3) is 0 Å². The molecule has 348 valence electrons. The zero-order chi connectivity index (χ0) is 47.6. The van der Waals surface area contributed by atoms with E-state index in [2.05, 4.69) is 34.7 Å². The Kier molecular flexibility index (Phi) is 13.6. The van der Waals surface area contributed by atoms with Crippen LogP contribution in [-0.2, 0) is 46.6 Å². The van der Waals surface area contributed by atoms with E-state index >= 15 is 0 Å². The Labute approximate surface area is 372 Å². The Morgan fingerprint density at radius 1 is 0.708 bits per heavy atom. The molecule has 2 fully saturated rings. The normalized spacial score (nSPS) is 26.1. The number of carbonyl (C=O) groups excluding carboxylic acids is 1. The van der Waals surface area contributed by atoms with Gasteiger partial charge in [0.15, 0.2) is 40.6 Å². The van der Waals surface area contributed by atoms with Gasteiger partial charge in [-0.15, -0.1) is 0 Å². The molecule has 2 aromatic carbocycles. The third kappa shape index (κ3) is 9.46. The minimum atomic E-state index is -3.77. The van der Waals surface area contributed by atoms with E-state index in [9.17, 15) is 35.2 Å². The largest absolute Gasteiger partial charge is 0.480 e. The fourth-order valence-corrected chi connectivity index (χ4v) is 12.3. The first kappa shape index (κ1) is 48.2. The SMILES string of the molecule is COc1cnc(C(=O)Cc2ccc(F)c([C@]3(C)CS(=O)(=O)[C@]4(CCOC4)C(N)=N3)c2)cn1.COc1cnc(C(=O)O)cn1.C[C@@]1(c2cc(N)ccc2F)CS(=O)(=O)[C@]2(CCOC2)C(N)=N1. The van der Waals surface area contributed by atoms with Crippen molar-refractivity contribution in [2.24, 2.45) is 21.5 Å². The number of carboxylic acid groups (broad SMARTS) is 1. The lowest BCUT2D eigenvalue weighted by molar-refractivity contribution is 0.0689. The van der Waals surface area contributed by atoms with Crippen LogP contribution in [0.1, 0.15) is 64.4 Å². The molecule has 20 nitrogen and oxygen atoms in total. The summed E-state index contributed by atoms with van der Waals surface area (Å²) in [6.45, 7) is 3.61. The summed E-state index contributed by atoms with van der Waals surface area (Å²) in [4.78, 5) is 46.9. The van der Waals surface area contributed by atoms with E-state index in [0.717, 1.165) is 6.20 Å². The number of amidine groups is 2. The second kappa shape index (κ2) is 18.3. The van der Waals surface area contributed by atoms with Crippen LogP contribution in [0.3, 0.4) is 0 Å². The molecular formula is C41H47F2N9O11S2. The highest BCUT2D eigenvalue weighted by molar-refractivity contribution is 7.94. The number of hydrogen-bond acceptors (Lipinski definition) is 19. The maximum Gasteiger partial charge on any atom is 0.356 e. The molecule has 0 amide bonds. The van der Waals surface area contributed by atoms with Crippen molar-refractivity contribution in [3.8, 4) is 11.8 Å². The molecule has 4 aliphatic heterocycles. The van der Waals surface area contributed by atoms with E-state index in [0.29, 0.717) is 23.7 Å². The second-order valence-electron chi connectivity index (χ2n) is 16.0. The first-order valence-corrected chi connectivity index (χ1v) is 23.0. The number of sulfone groups is 2. The van der Waals surface area contributed by atoms with Crippen LogP contribution in [-0.4, -0.2) is 127 Å². The third-order valence-electron chi connectivity index (χ3n) is 11.5. The van der Waals surface area contributed by atoms with Gasteiger partial charge in [-0.2, -0.15) is 0 Å². The smallest absolute Gasteiger partial charge is 0.356 e. The Morgan fingerprint density at radius 3 is 1.57 bits per heavy atom. The molecule has 0 aliphatic carbocycles. The van der Waals surface area contributed by atoms with Crippen LogP contribution in [0.5, 0.6) is 11.8 Å². The number of aromatic nitrogens is 4. The first-order valence-electron chi connectivity index (χ1n) is 19.7. The summed E-state index contributed by atoms with van der Waals surface area (Å²) in [5.41, 5.74) is 16.1. The molecule has 4 aromatic rings. The Hall–Kier alpha value is -6.24. The Bertz CT molecular complexity index is 2750. The van der Waals surface area contributed by atoms with Crippen LogP contribution >= 0.6 is 0 Å². The third-order valence-corrected chi connectivity index (χ3v) is 16.8. The van der Waals surface area contributed by atoms with Gasteiger partial charge in [-0.1, -0.05) is 6.07 Å². The Morgan fingerprint density at radius 2 is 1.17 bits per heavy atom. The van der Waals surface area contributed by atoms with Crippen LogP contribution in [0.25, 0.3) is 0 Å². The van der Waals surface area contributed by atoms with Crippen LogP contribution in [0.2, 0.25) is 0 Å². The van der Waals surface area contributed by atoms with Crippen molar-refractivity contribution in [1.82, 2.24) is 19.9 Å². The number of nitrogen functional groups attached to an aromatic ring is 1. The number of carbonyl (C=O) groups is 2. The van der Waals surface area contributed by atoms with E-state index < -0.39 is 63.6 Å². The molecule has 0 unspecified atom stereocenters. The average molecular weight is 944 g/mol. The van der Waals surface area contributed by atoms with Crippen molar-refractivity contribution in [3.05, 3.63) is 101 Å². The number of ether oxygens (including phenoxy) is 4. The number of anilines is 1. The minimum absolute atomic E-state index is 0.000156. The molecule has 0 radical (unpaired) electrons. The monoisotopic (exact) mass is 943 g/mol. The maximum atomic E-state index is 14.8. The fraction of sp³-hybridized carbons (Fsp3) is 0.415. The van der Waals surface area contributed by atoms with Crippen molar-refractivity contribution in [1.29, 1.82) is 0 Å². The van der Waals surface area contributed by atoms with Crippen LogP contribution in [0.15, 0.2) is 71.2 Å². The quantitative estimate of drug-likeness (QED) is 0.145. The predicted octanol–water partition coefficient (Wildman–Crippen LogP) is 1.96. The van der Waals surface area contributed by atoms with Crippen LogP contribution in [0.4, 0.5) is 14.5 Å². The van der Waals surface area contributed by atoms with Crippen LogP contribution < -0.4 is 26.7 Å². The molecule has 0 bridgehead atoms. The maximum absolute atomic E-state index is 14.8. The lowest BCUT2D eigenvalue weighted by atomic mass is 9.90. The molecule has 2 spiro atoms. The standard InChI is InChI=1S/C21H23FN4O5S.C14H18FN3O3S.C6H6N2O3/c1-20(12-32(28,29)21(19(23)26-20)5-6-31-11-21)14-7-13(3-4-15(14)22)8-17(27)16-9-25-18(30-2)10-24-16;1-13(10-6-9(16)2-3-11(10)15)8-22(19,20)14(12(17)18-13)4-5-21-7-14;1-11-5-3-7-4(2-8-5)6(9)10/h3-4,7,9-10H,5-6,8,11-12H2,1-2H3,(H2,23,26);2-3,6H,4-5,7-8,16H2,1H3,(H2,17,18);2-3H,1H3,(H,9,10)/t20-,21-;13-,14-;/m00./s1. The van der Waals surface area contributed by atoms with Gasteiger partial charge in [-0.25, -0.2) is 50.3 Å². The number of aromatic carboxylic acids is 1. The molecule has 4 aliphatic rings. The molecule has 7 N–H and O–H groups in total. The number of hydrogen-bond donors (Lipinski definition) is 4. The summed E-state index contributed by atoms with van der Waals surface area (Å²) >= 11 is 0. The van der Waals surface area contributed by atoms with Gasteiger partial charge < -0.3 is 41.3 Å². The van der Waals surface area contributed by atoms with Crippen molar-refractivity contribution in [2.75, 3.05) is 57.9 Å². The number of carboxylic acids is 1. The van der Waals surface area contributed by atoms with Crippen molar-refractivity contribution in [3.63, 3.8) is 0 Å². The summed E-state index contributed by atoms with van der Waals surface area (Å²) in [7, 11) is -4.55. The zero-order valence-electron chi connectivity index (χ0n) is 35.7. The lowest BCUT2D eigenvalue weighted by Gasteiger charge is -2.39. The van der Waals surface area contributed by atoms with Crippen LogP contribution in [0, 0.1) is 11.6 Å². The molecular weight excluding hydrogens is 897 g/mol. The van der Waals surface area contributed by atoms with Gasteiger partial charge >= 0.3 is 5.97 Å². The fourth-order valence-electron chi connectivity index (χ4n) is 7.82. The predicted molar refractivity (Wildman–Crippen MR) is 231 cm³/mol. The van der Waals surface area contributed by atoms with E-state index in [1.54, 1.807) is 6.92 Å². The van der Waals surface area contributed by atoms with E-state index in [4.69, 9.17) is 36.5 Å². The first-order chi connectivity index (χ1) is 30.5. The number of methoxy groups -OCH3 is 2. The summed E-state index contributed by atoms with van der Waals surface area (Å²) in [6, 6.07) is 8.15. The number of nitrogens with zero attached hydrogens (tertiary/aromatic N) is 6. The Balaban J connectivity index is 0.000000182. The van der Waals surface area contributed by atoms with E-state index in [1.807, 2.05) is 0 Å². The molecule has 8 rings (SSSR count). The average Bonchev–Trinajstić information content (AvgIpc) is 3.98. The molecule has 24 heteroatoms. The van der Waals surface area contributed by atoms with Gasteiger partial charge in [0.1, 0.15) is 40.1 Å². The summed E-state index contributed by atoms with van der Waals surface area (Å²) in [5, 5.41) is 8.41. The molecule has 2 saturated heterocycles. The summed E-state index contributed by atoms with van der Waals surface area (Å²) in [5.74, 6) is -2.86. The zero-order valence-corrected chi connectivity index (χ0v) is 37.3. The number of rotatable bonds is 8. The number of nitrogens with two attached hydrogens (primary N) is 3. The van der Waals surface area contributed by atoms with E-state index in [-0.39, 0.29) is 90.7 Å². The highest BCUT2D eigenvalue weighted by Crippen LogP contribution is 2.43. The number of halogens is 2. The highest BCUT2D eigenvalue weighted by Gasteiger charge is 2.58. The molecule has 2 aromatic heterocycles. The van der Waals surface area contributed by atoms with Gasteiger partial charge in [-0.05, 0) is 62.6 Å². The van der Waals surface area contributed by atoms with Gasteiger partial charge in [-0.3, -0.25) is 14.8 Å². The topological polar surface area (TPSA) is 314 Å². The van der Waals surface area contributed by atoms with Gasteiger partial charge in [0.2, 0.25) is 11.8 Å². The minimum Gasteiger partial charge on any atom is -0.480 e. The van der Waals surface area contributed by atoms with Gasteiger partial charge in [0.05, 0.1) is 63.7 Å². The number of Topliss-reactive ketones (excluding diaryl/α,β-unsaturated/α-hetero) is 1.